The van der Waals surface area contributed by atoms with Crippen LogP contribution in [0.5, 0.6) is 0 Å². The lowest BCUT2D eigenvalue weighted by molar-refractivity contribution is 0.0953. The molecule has 1 aromatic heterocycles. The highest BCUT2D eigenvalue weighted by Gasteiger charge is 2.07. The second-order valence-electron chi connectivity index (χ2n) is 6.93. The molecule has 0 aliphatic rings. The van der Waals surface area contributed by atoms with E-state index in [4.69, 9.17) is 0 Å². The van der Waals surface area contributed by atoms with E-state index in [2.05, 4.69) is 20.8 Å². The lowest BCUT2D eigenvalue weighted by Crippen LogP contribution is -2.26. The van der Waals surface area contributed by atoms with Gasteiger partial charge in [0.2, 0.25) is 0 Å². The van der Waals surface area contributed by atoms with Crippen molar-refractivity contribution in [3.8, 4) is 11.1 Å². The zero-order valence-corrected chi connectivity index (χ0v) is 16.4. The number of nitrogens with zero attached hydrogens (tertiary/aromatic N) is 1. The van der Waals surface area contributed by atoms with Gasteiger partial charge in [-0.15, -0.1) is 0 Å². The standard InChI is InChI=1S/C24H22N4O2/c29-23(19-13-11-18(12-14-19)17-7-2-1-3-8-17)26-16-6-15-25-22-20-9-4-5-10-21(20)24(30)28-27-22/h1-5,7-14H,6,15-16H2,(H,25,27)(H,26,29)(H,28,30). The largest absolute Gasteiger partial charge is 0.368 e. The molecule has 6 nitrogen and oxygen atoms in total. The van der Waals surface area contributed by atoms with Crippen LogP contribution in [-0.4, -0.2) is 29.2 Å². The number of hydrogen-bond donors (Lipinski definition) is 3. The molecule has 30 heavy (non-hydrogen) atoms. The number of amides is 1. The molecule has 4 rings (SSSR count). The van der Waals surface area contributed by atoms with Gasteiger partial charge in [-0.05, 0) is 35.7 Å². The number of anilines is 1. The van der Waals surface area contributed by atoms with Gasteiger partial charge in [0.05, 0.1) is 5.39 Å². The van der Waals surface area contributed by atoms with Crippen molar-refractivity contribution in [2.24, 2.45) is 0 Å². The molecule has 1 heterocycles. The summed E-state index contributed by atoms with van der Waals surface area (Å²) in [6.45, 7) is 1.16. The number of fused-ring (bicyclic) bond motifs is 1. The first-order chi connectivity index (χ1) is 14.7. The van der Waals surface area contributed by atoms with E-state index in [1.807, 2.05) is 72.8 Å². The average Bonchev–Trinajstić information content (AvgIpc) is 2.81. The molecule has 0 aliphatic heterocycles. The maximum Gasteiger partial charge on any atom is 0.272 e. The second kappa shape index (κ2) is 9.05. The predicted molar refractivity (Wildman–Crippen MR) is 120 cm³/mol. The van der Waals surface area contributed by atoms with Crippen molar-refractivity contribution in [3.63, 3.8) is 0 Å². The van der Waals surface area contributed by atoms with Crippen LogP contribution in [0, 0.1) is 0 Å². The molecule has 0 saturated carbocycles. The van der Waals surface area contributed by atoms with E-state index in [1.54, 1.807) is 6.07 Å². The van der Waals surface area contributed by atoms with Crippen molar-refractivity contribution in [1.29, 1.82) is 0 Å². The third-order valence-corrected chi connectivity index (χ3v) is 4.88. The molecule has 1 amide bonds. The van der Waals surface area contributed by atoms with E-state index < -0.39 is 0 Å². The fourth-order valence-electron chi connectivity index (χ4n) is 3.29. The molecule has 0 fully saturated rings. The van der Waals surface area contributed by atoms with Crippen LogP contribution >= 0.6 is 0 Å². The summed E-state index contributed by atoms with van der Waals surface area (Å²) in [5.74, 6) is 0.537. The summed E-state index contributed by atoms with van der Waals surface area (Å²) in [7, 11) is 0. The SMILES string of the molecule is O=C(NCCCNc1n[nH]c(=O)c2ccccc12)c1ccc(-c2ccccc2)cc1. The van der Waals surface area contributed by atoms with Crippen LogP contribution in [0.4, 0.5) is 5.82 Å². The van der Waals surface area contributed by atoms with Crippen molar-refractivity contribution < 1.29 is 4.79 Å². The van der Waals surface area contributed by atoms with E-state index >= 15 is 0 Å². The molecule has 0 bridgehead atoms. The predicted octanol–water partition coefficient (Wildman–Crippen LogP) is 3.82. The Hall–Kier alpha value is -3.93. The molecule has 3 N–H and O–H groups in total. The Kier molecular flexibility index (Phi) is 5.85. The maximum absolute atomic E-state index is 12.4. The first-order valence-electron chi connectivity index (χ1n) is 9.87. The smallest absolute Gasteiger partial charge is 0.272 e. The van der Waals surface area contributed by atoms with Crippen LogP contribution in [0.25, 0.3) is 21.9 Å². The molecular formula is C24H22N4O2. The Morgan fingerprint density at radius 1 is 0.800 bits per heavy atom. The number of carbonyl (C=O) groups excluding carboxylic acids is 1. The van der Waals surface area contributed by atoms with E-state index in [0.717, 1.165) is 22.9 Å². The zero-order chi connectivity index (χ0) is 20.8. The highest BCUT2D eigenvalue weighted by molar-refractivity contribution is 5.94. The number of rotatable bonds is 7. The van der Waals surface area contributed by atoms with Crippen molar-refractivity contribution >= 4 is 22.5 Å². The molecule has 4 aromatic rings. The lowest BCUT2D eigenvalue weighted by Gasteiger charge is -2.09. The van der Waals surface area contributed by atoms with E-state index in [0.29, 0.717) is 29.9 Å². The van der Waals surface area contributed by atoms with Crippen LogP contribution in [0.15, 0.2) is 83.7 Å². The molecule has 0 spiro atoms. The first kappa shape index (κ1) is 19.4. The average molecular weight is 398 g/mol. The number of nitrogens with one attached hydrogen (secondary N) is 3. The molecule has 6 heteroatoms. The van der Waals surface area contributed by atoms with Gasteiger partial charge in [0.1, 0.15) is 0 Å². The number of hydrogen-bond acceptors (Lipinski definition) is 4. The van der Waals surface area contributed by atoms with Gasteiger partial charge in [-0.3, -0.25) is 9.59 Å². The third-order valence-electron chi connectivity index (χ3n) is 4.88. The second-order valence-corrected chi connectivity index (χ2v) is 6.93. The van der Waals surface area contributed by atoms with Crippen molar-refractivity contribution in [1.82, 2.24) is 15.5 Å². The summed E-state index contributed by atoms with van der Waals surface area (Å²) in [4.78, 5) is 24.2. The molecule has 0 radical (unpaired) electrons. The number of carbonyl (C=O) groups is 1. The normalized spacial score (nSPS) is 10.7. The van der Waals surface area contributed by atoms with Crippen LogP contribution in [0.2, 0.25) is 0 Å². The van der Waals surface area contributed by atoms with E-state index in [-0.39, 0.29) is 11.5 Å². The fourth-order valence-corrected chi connectivity index (χ4v) is 3.29. The van der Waals surface area contributed by atoms with Crippen molar-refractivity contribution in [2.75, 3.05) is 18.4 Å². The fraction of sp³-hybridized carbons (Fsp3) is 0.125. The highest BCUT2D eigenvalue weighted by Crippen LogP contribution is 2.19. The topological polar surface area (TPSA) is 86.9 Å². The van der Waals surface area contributed by atoms with Crippen molar-refractivity contribution in [2.45, 2.75) is 6.42 Å². The molecule has 3 aromatic carbocycles. The van der Waals surface area contributed by atoms with Crippen molar-refractivity contribution in [3.05, 3.63) is 94.8 Å². The van der Waals surface area contributed by atoms with Crippen LogP contribution in [-0.2, 0) is 0 Å². The Morgan fingerprint density at radius 2 is 1.47 bits per heavy atom. The third kappa shape index (κ3) is 4.38. The van der Waals surface area contributed by atoms with Crippen LogP contribution in [0.1, 0.15) is 16.8 Å². The number of benzene rings is 3. The number of aromatic nitrogens is 2. The van der Waals surface area contributed by atoms with Gasteiger partial charge in [-0.25, -0.2) is 5.10 Å². The first-order valence-corrected chi connectivity index (χ1v) is 9.87. The highest BCUT2D eigenvalue weighted by atomic mass is 16.1. The van der Waals surface area contributed by atoms with Gasteiger partial charge in [0.15, 0.2) is 5.82 Å². The number of H-pyrrole nitrogens is 1. The van der Waals surface area contributed by atoms with Gasteiger partial charge >= 0.3 is 0 Å². The lowest BCUT2D eigenvalue weighted by atomic mass is 10.0. The summed E-state index contributed by atoms with van der Waals surface area (Å²) in [5, 5.41) is 14.1. The molecule has 150 valence electrons. The van der Waals surface area contributed by atoms with Crippen LogP contribution < -0.4 is 16.2 Å². The molecule has 0 aliphatic carbocycles. The zero-order valence-electron chi connectivity index (χ0n) is 16.4. The molecule has 0 saturated heterocycles. The molecule has 0 unspecified atom stereocenters. The Morgan fingerprint density at radius 3 is 2.23 bits per heavy atom. The summed E-state index contributed by atoms with van der Waals surface area (Å²) in [6, 6.07) is 25.0. The summed E-state index contributed by atoms with van der Waals surface area (Å²) in [6.07, 6.45) is 0.725. The summed E-state index contributed by atoms with van der Waals surface area (Å²) < 4.78 is 0. The molecule has 0 atom stereocenters. The van der Waals surface area contributed by atoms with Crippen LogP contribution in [0.3, 0.4) is 0 Å². The Bertz CT molecular complexity index is 1200. The van der Waals surface area contributed by atoms with Gasteiger partial charge in [-0.2, -0.15) is 5.10 Å². The van der Waals surface area contributed by atoms with Gasteiger partial charge in [0, 0.05) is 24.0 Å². The Labute approximate surface area is 174 Å². The van der Waals surface area contributed by atoms with Gasteiger partial charge in [0.25, 0.3) is 11.5 Å². The Balaban J connectivity index is 1.27. The maximum atomic E-state index is 12.4. The molecular weight excluding hydrogens is 376 g/mol. The quantitative estimate of drug-likeness (QED) is 0.413. The van der Waals surface area contributed by atoms with E-state index in [1.165, 1.54) is 0 Å². The summed E-state index contributed by atoms with van der Waals surface area (Å²) >= 11 is 0. The number of aromatic amines is 1. The van der Waals surface area contributed by atoms with Gasteiger partial charge in [-0.1, -0.05) is 60.7 Å². The van der Waals surface area contributed by atoms with Gasteiger partial charge < -0.3 is 10.6 Å². The monoisotopic (exact) mass is 398 g/mol. The van der Waals surface area contributed by atoms with E-state index in [9.17, 15) is 9.59 Å². The minimum absolute atomic E-state index is 0.0952. The minimum atomic E-state index is -0.207. The minimum Gasteiger partial charge on any atom is -0.368 e. The summed E-state index contributed by atoms with van der Waals surface area (Å²) in [5.41, 5.74) is 2.63.